The Morgan fingerprint density at radius 2 is 2.05 bits per heavy atom. The molecule has 0 heterocycles. The van der Waals surface area contributed by atoms with Gasteiger partial charge in [-0.15, -0.1) is 11.8 Å². The fourth-order valence-electron chi connectivity index (χ4n) is 2.97. The Morgan fingerprint density at radius 1 is 1.30 bits per heavy atom. The lowest BCUT2D eigenvalue weighted by Gasteiger charge is -2.33. The van der Waals surface area contributed by atoms with Gasteiger partial charge in [0.25, 0.3) is 0 Å². The Bertz CT molecular complexity index is 487. The average Bonchev–Trinajstić information content (AvgIpc) is 2.42. The second-order valence-corrected chi connectivity index (χ2v) is 7.14. The van der Waals surface area contributed by atoms with Crippen molar-refractivity contribution in [2.24, 2.45) is 17.6 Å². The zero-order valence-electron chi connectivity index (χ0n) is 12.5. The van der Waals surface area contributed by atoms with Crippen LogP contribution in [0.1, 0.15) is 38.7 Å². The van der Waals surface area contributed by atoms with E-state index >= 15 is 0 Å². The van der Waals surface area contributed by atoms with Crippen molar-refractivity contribution in [2.75, 3.05) is 11.6 Å². The Labute approximate surface area is 131 Å². The molecule has 1 aromatic rings. The minimum absolute atomic E-state index is 0.481. The number of benzene rings is 1. The van der Waals surface area contributed by atoms with Crippen LogP contribution in [0.25, 0.3) is 0 Å². The fourth-order valence-corrected chi connectivity index (χ4v) is 3.90. The largest absolute Gasteiger partial charge is 0.389 e. The van der Waals surface area contributed by atoms with Gasteiger partial charge in [-0.2, -0.15) is 0 Å². The molecule has 0 spiro atoms. The molecule has 2 nitrogen and oxygen atoms in total. The van der Waals surface area contributed by atoms with Crippen molar-refractivity contribution >= 4 is 34.7 Å². The van der Waals surface area contributed by atoms with Gasteiger partial charge < -0.3 is 11.1 Å². The highest BCUT2D eigenvalue weighted by Gasteiger charge is 2.25. The van der Waals surface area contributed by atoms with Crippen molar-refractivity contribution in [3.05, 3.63) is 23.8 Å². The summed E-state index contributed by atoms with van der Waals surface area (Å²) in [7, 11) is 0. The van der Waals surface area contributed by atoms with Crippen LogP contribution in [0.3, 0.4) is 0 Å². The number of anilines is 1. The van der Waals surface area contributed by atoms with Crippen molar-refractivity contribution in [1.82, 2.24) is 0 Å². The van der Waals surface area contributed by atoms with E-state index < -0.39 is 0 Å². The molecule has 1 saturated carbocycles. The zero-order chi connectivity index (χ0) is 14.7. The molecule has 1 fully saturated rings. The summed E-state index contributed by atoms with van der Waals surface area (Å²) in [5.41, 5.74) is 8.02. The number of hydrogen-bond acceptors (Lipinski definition) is 3. The van der Waals surface area contributed by atoms with Gasteiger partial charge >= 0.3 is 0 Å². The molecule has 0 radical (unpaired) electrons. The maximum atomic E-state index is 5.92. The first-order chi connectivity index (χ1) is 9.52. The van der Waals surface area contributed by atoms with Crippen LogP contribution in [-0.4, -0.2) is 17.3 Å². The number of hydrogen-bond donors (Lipinski definition) is 2. The molecule has 3 atom stereocenters. The lowest BCUT2D eigenvalue weighted by molar-refractivity contribution is 0.261. The normalized spacial score (nSPS) is 26.2. The van der Waals surface area contributed by atoms with E-state index in [1.165, 1.54) is 19.3 Å². The maximum Gasteiger partial charge on any atom is 0.107 e. The van der Waals surface area contributed by atoms with Crippen molar-refractivity contribution in [3.63, 3.8) is 0 Å². The number of thioether (sulfide) groups is 1. The van der Waals surface area contributed by atoms with Gasteiger partial charge in [0, 0.05) is 22.2 Å². The lowest BCUT2D eigenvalue weighted by atomic mass is 9.79. The molecular weight excluding hydrogens is 284 g/mol. The summed E-state index contributed by atoms with van der Waals surface area (Å²) in [5.74, 6) is 1.61. The van der Waals surface area contributed by atoms with E-state index in [1.807, 2.05) is 0 Å². The van der Waals surface area contributed by atoms with Gasteiger partial charge in [-0.25, -0.2) is 0 Å². The molecule has 2 rings (SSSR count). The molecule has 0 saturated heterocycles. The third-order valence-electron chi connectivity index (χ3n) is 4.45. The second kappa shape index (κ2) is 6.81. The summed E-state index contributed by atoms with van der Waals surface area (Å²) < 4.78 is 0. The predicted octanol–water partition coefficient (Wildman–Crippen LogP) is 4.28. The van der Waals surface area contributed by atoms with E-state index in [2.05, 4.69) is 43.6 Å². The quantitative estimate of drug-likeness (QED) is 0.643. The van der Waals surface area contributed by atoms with E-state index in [1.54, 1.807) is 11.8 Å². The SMILES string of the molecule is CSc1cccc(NC2CCC(C)C(C)C2)c1C(N)=S. The summed E-state index contributed by atoms with van der Waals surface area (Å²) in [6, 6.07) is 6.78. The first-order valence-electron chi connectivity index (χ1n) is 7.26. The fraction of sp³-hybridized carbons (Fsp3) is 0.562. The molecule has 110 valence electrons. The molecule has 3 unspecified atom stereocenters. The molecule has 1 aliphatic carbocycles. The average molecular weight is 309 g/mol. The highest BCUT2D eigenvalue weighted by molar-refractivity contribution is 7.98. The van der Waals surface area contributed by atoms with Crippen LogP contribution >= 0.6 is 24.0 Å². The molecule has 0 aromatic heterocycles. The highest BCUT2D eigenvalue weighted by atomic mass is 32.2. The van der Waals surface area contributed by atoms with Crippen molar-refractivity contribution < 1.29 is 0 Å². The first-order valence-corrected chi connectivity index (χ1v) is 8.89. The Balaban J connectivity index is 2.19. The summed E-state index contributed by atoms with van der Waals surface area (Å²) in [6.07, 6.45) is 5.81. The van der Waals surface area contributed by atoms with Gasteiger partial charge in [-0.1, -0.05) is 32.1 Å². The van der Waals surface area contributed by atoms with Gasteiger partial charge in [0.1, 0.15) is 4.99 Å². The molecule has 0 bridgehead atoms. The van der Waals surface area contributed by atoms with Gasteiger partial charge in [0.15, 0.2) is 0 Å². The number of thiocarbonyl (C=S) groups is 1. The molecule has 4 heteroatoms. The summed E-state index contributed by atoms with van der Waals surface area (Å²) >= 11 is 6.93. The Hall–Kier alpha value is -0.740. The molecule has 0 aliphatic heterocycles. The van der Waals surface area contributed by atoms with Crippen LogP contribution in [0.15, 0.2) is 23.1 Å². The molecule has 1 aliphatic rings. The minimum atomic E-state index is 0.481. The van der Waals surface area contributed by atoms with Gasteiger partial charge in [-0.05, 0) is 49.5 Å². The highest BCUT2D eigenvalue weighted by Crippen LogP contribution is 2.33. The van der Waals surface area contributed by atoms with E-state index in [0.29, 0.717) is 11.0 Å². The molecule has 1 aromatic carbocycles. The monoisotopic (exact) mass is 308 g/mol. The standard InChI is InChI=1S/C16H24N2S2/c1-10-7-8-12(9-11(10)2)18-13-5-4-6-14(20-3)15(13)16(17)19/h4-6,10-12,18H,7-9H2,1-3H3,(H2,17,19). The zero-order valence-corrected chi connectivity index (χ0v) is 14.1. The van der Waals surface area contributed by atoms with Crippen LogP contribution < -0.4 is 11.1 Å². The third-order valence-corrected chi connectivity index (χ3v) is 5.43. The number of nitrogens with one attached hydrogen (secondary N) is 1. The van der Waals surface area contributed by atoms with Crippen LogP contribution in [0.4, 0.5) is 5.69 Å². The van der Waals surface area contributed by atoms with Gasteiger partial charge in [0.2, 0.25) is 0 Å². The van der Waals surface area contributed by atoms with Crippen molar-refractivity contribution in [3.8, 4) is 0 Å². The van der Waals surface area contributed by atoms with Crippen molar-refractivity contribution in [1.29, 1.82) is 0 Å². The lowest BCUT2D eigenvalue weighted by Crippen LogP contribution is -2.31. The van der Waals surface area contributed by atoms with E-state index in [9.17, 15) is 0 Å². The third kappa shape index (κ3) is 3.47. The van der Waals surface area contributed by atoms with Gasteiger partial charge in [0.05, 0.1) is 0 Å². The minimum Gasteiger partial charge on any atom is -0.389 e. The Kier molecular flexibility index (Phi) is 5.33. The summed E-state index contributed by atoms with van der Waals surface area (Å²) in [4.78, 5) is 1.63. The summed E-state index contributed by atoms with van der Waals surface area (Å²) in [6.45, 7) is 4.71. The van der Waals surface area contributed by atoms with E-state index in [0.717, 1.165) is 28.0 Å². The number of rotatable bonds is 4. The Morgan fingerprint density at radius 3 is 2.65 bits per heavy atom. The van der Waals surface area contributed by atoms with Crippen LogP contribution in [0, 0.1) is 11.8 Å². The van der Waals surface area contributed by atoms with Crippen LogP contribution in [0.2, 0.25) is 0 Å². The summed E-state index contributed by atoms with van der Waals surface area (Å²) in [5, 5.41) is 3.68. The topological polar surface area (TPSA) is 38.0 Å². The van der Waals surface area contributed by atoms with Gasteiger partial charge in [-0.3, -0.25) is 0 Å². The molecule has 20 heavy (non-hydrogen) atoms. The smallest absolute Gasteiger partial charge is 0.107 e. The van der Waals surface area contributed by atoms with E-state index in [-0.39, 0.29) is 0 Å². The van der Waals surface area contributed by atoms with Crippen LogP contribution in [0.5, 0.6) is 0 Å². The molecule has 0 amide bonds. The van der Waals surface area contributed by atoms with Crippen molar-refractivity contribution in [2.45, 2.75) is 44.0 Å². The molecule has 3 N–H and O–H groups in total. The van der Waals surface area contributed by atoms with E-state index in [4.69, 9.17) is 18.0 Å². The first kappa shape index (κ1) is 15.6. The van der Waals surface area contributed by atoms with Crippen LogP contribution in [-0.2, 0) is 0 Å². The second-order valence-electron chi connectivity index (χ2n) is 5.86. The number of nitrogens with two attached hydrogens (primary N) is 1. The maximum absolute atomic E-state index is 5.92. The molecular formula is C16H24N2S2. The predicted molar refractivity (Wildman–Crippen MR) is 93.7 cm³/mol.